The lowest BCUT2D eigenvalue weighted by Gasteiger charge is -2.06. The minimum absolute atomic E-state index is 0.596. The van der Waals surface area contributed by atoms with Crippen LogP contribution in [0.2, 0.25) is 0 Å². The molecular formula is C15H12Br2N4. The van der Waals surface area contributed by atoms with E-state index in [1.807, 2.05) is 43.4 Å². The fraction of sp³-hybridized carbons (Fsp3) is 0.0667. The molecule has 0 fully saturated rings. The molecule has 0 amide bonds. The highest BCUT2D eigenvalue weighted by Crippen LogP contribution is 2.38. The number of aryl methyl sites for hydroxylation is 1. The van der Waals surface area contributed by atoms with Crippen LogP contribution in [0.3, 0.4) is 0 Å². The van der Waals surface area contributed by atoms with Gasteiger partial charge in [-0.25, -0.2) is 0 Å². The van der Waals surface area contributed by atoms with Crippen LogP contribution in [0.1, 0.15) is 0 Å². The predicted molar refractivity (Wildman–Crippen MR) is 91.7 cm³/mol. The topological polar surface area (TPSA) is 56.7 Å². The van der Waals surface area contributed by atoms with E-state index in [4.69, 9.17) is 5.73 Å². The third kappa shape index (κ3) is 2.61. The maximum Gasteiger partial charge on any atom is 0.131 e. The van der Waals surface area contributed by atoms with Gasteiger partial charge in [-0.05, 0) is 24.3 Å². The van der Waals surface area contributed by atoms with Crippen LogP contribution in [0.5, 0.6) is 0 Å². The fourth-order valence-electron chi connectivity index (χ4n) is 2.17. The molecule has 2 heterocycles. The van der Waals surface area contributed by atoms with Crippen molar-refractivity contribution < 1.29 is 0 Å². The molecule has 0 aliphatic rings. The molecule has 0 saturated heterocycles. The smallest absolute Gasteiger partial charge is 0.131 e. The number of nitrogens with zero attached hydrogens (tertiary/aromatic N) is 3. The molecule has 3 rings (SSSR count). The van der Waals surface area contributed by atoms with Crippen LogP contribution < -0.4 is 5.73 Å². The van der Waals surface area contributed by atoms with Gasteiger partial charge in [0.05, 0.1) is 11.3 Å². The van der Waals surface area contributed by atoms with E-state index in [0.717, 1.165) is 31.5 Å². The highest BCUT2D eigenvalue weighted by atomic mass is 79.9. The van der Waals surface area contributed by atoms with Crippen LogP contribution in [0.25, 0.3) is 22.5 Å². The maximum atomic E-state index is 6.19. The Morgan fingerprint density at radius 2 is 1.95 bits per heavy atom. The van der Waals surface area contributed by atoms with Gasteiger partial charge in [-0.2, -0.15) is 5.10 Å². The van der Waals surface area contributed by atoms with Gasteiger partial charge in [0.1, 0.15) is 11.5 Å². The minimum Gasteiger partial charge on any atom is -0.383 e. The molecule has 2 aromatic heterocycles. The predicted octanol–water partition coefficient (Wildman–Crippen LogP) is 4.26. The fourth-order valence-corrected chi connectivity index (χ4v) is 3.41. The summed E-state index contributed by atoms with van der Waals surface area (Å²) in [5.74, 6) is 0.596. The zero-order valence-corrected chi connectivity index (χ0v) is 14.4. The van der Waals surface area contributed by atoms with Crippen molar-refractivity contribution in [1.29, 1.82) is 0 Å². The monoisotopic (exact) mass is 406 g/mol. The first-order valence-corrected chi connectivity index (χ1v) is 7.86. The Morgan fingerprint density at radius 1 is 1.14 bits per heavy atom. The van der Waals surface area contributed by atoms with Gasteiger partial charge in [0.25, 0.3) is 0 Å². The van der Waals surface area contributed by atoms with Crippen molar-refractivity contribution in [2.45, 2.75) is 0 Å². The molecule has 21 heavy (non-hydrogen) atoms. The quantitative estimate of drug-likeness (QED) is 0.690. The zero-order valence-electron chi connectivity index (χ0n) is 11.2. The van der Waals surface area contributed by atoms with Crippen LogP contribution in [-0.2, 0) is 7.05 Å². The van der Waals surface area contributed by atoms with Crippen molar-refractivity contribution in [2.24, 2.45) is 7.05 Å². The van der Waals surface area contributed by atoms with Gasteiger partial charge in [-0.15, -0.1) is 0 Å². The second-order valence-electron chi connectivity index (χ2n) is 4.57. The van der Waals surface area contributed by atoms with Crippen LogP contribution in [0.4, 0.5) is 5.82 Å². The van der Waals surface area contributed by atoms with E-state index >= 15 is 0 Å². The number of benzene rings is 1. The second-order valence-corrected chi connectivity index (χ2v) is 6.34. The number of aromatic nitrogens is 3. The third-order valence-electron chi connectivity index (χ3n) is 3.20. The Kier molecular flexibility index (Phi) is 3.82. The van der Waals surface area contributed by atoms with Gasteiger partial charge in [-0.3, -0.25) is 9.67 Å². The summed E-state index contributed by atoms with van der Waals surface area (Å²) >= 11 is 7.04. The molecule has 3 aromatic rings. The molecule has 0 aliphatic heterocycles. The summed E-state index contributed by atoms with van der Waals surface area (Å²) in [5, 5.41) is 4.55. The lowest BCUT2D eigenvalue weighted by molar-refractivity contribution is 0.782. The first kappa shape index (κ1) is 14.3. The normalized spacial score (nSPS) is 10.8. The molecule has 1 aromatic carbocycles. The average Bonchev–Trinajstić information content (AvgIpc) is 2.75. The first-order valence-electron chi connectivity index (χ1n) is 6.27. The van der Waals surface area contributed by atoms with E-state index in [9.17, 15) is 0 Å². The molecule has 0 aliphatic carbocycles. The molecule has 0 bridgehead atoms. The van der Waals surface area contributed by atoms with Crippen LogP contribution in [0.15, 0.2) is 51.5 Å². The Balaban J connectivity index is 2.27. The Labute approximate surface area is 139 Å². The molecule has 0 atom stereocenters. The van der Waals surface area contributed by atoms with Gasteiger partial charge < -0.3 is 5.73 Å². The second kappa shape index (κ2) is 5.61. The number of nitrogens with two attached hydrogens (primary N) is 1. The number of hydrogen-bond acceptors (Lipinski definition) is 3. The SMILES string of the molecule is Cn1nc(-c2ccc(Br)cc2Br)c(-c2ccccn2)c1N. The number of nitrogen functional groups attached to an aromatic ring is 1. The van der Waals surface area contributed by atoms with Crippen molar-refractivity contribution in [1.82, 2.24) is 14.8 Å². The molecule has 0 saturated carbocycles. The largest absolute Gasteiger partial charge is 0.383 e. The minimum atomic E-state index is 0.596. The van der Waals surface area contributed by atoms with E-state index in [1.165, 1.54) is 0 Å². The average molecular weight is 408 g/mol. The van der Waals surface area contributed by atoms with Crippen molar-refractivity contribution in [3.8, 4) is 22.5 Å². The number of hydrogen-bond donors (Lipinski definition) is 1. The van der Waals surface area contributed by atoms with Crippen LogP contribution in [-0.4, -0.2) is 14.8 Å². The van der Waals surface area contributed by atoms with Crippen LogP contribution >= 0.6 is 31.9 Å². The summed E-state index contributed by atoms with van der Waals surface area (Å²) < 4.78 is 3.63. The molecule has 106 valence electrons. The van der Waals surface area contributed by atoms with E-state index < -0.39 is 0 Å². The van der Waals surface area contributed by atoms with Gasteiger partial charge in [0.15, 0.2) is 0 Å². The number of rotatable bonds is 2. The molecular weight excluding hydrogens is 396 g/mol. The van der Waals surface area contributed by atoms with Crippen molar-refractivity contribution in [3.63, 3.8) is 0 Å². The number of halogens is 2. The standard InChI is InChI=1S/C15H12Br2N4/c1-21-15(18)13(12-4-2-3-7-19-12)14(20-21)10-6-5-9(16)8-11(10)17/h2-8H,18H2,1H3. The van der Waals surface area contributed by atoms with Crippen molar-refractivity contribution in [2.75, 3.05) is 5.73 Å². The Morgan fingerprint density at radius 3 is 2.62 bits per heavy atom. The van der Waals surface area contributed by atoms with E-state index in [0.29, 0.717) is 5.82 Å². The molecule has 0 spiro atoms. The molecule has 6 heteroatoms. The first-order chi connectivity index (χ1) is 10.1. The lowest BCUT2D eigenvalue weighted by atomic mass is 10.0. The highest BCUT2D eigenvalue weighted by Gasteiger charge is 2.19. The molecule has 2 N–H and O–H groups in total. The van der Waals surface area contributed by atoms with Crippen LogP contribution in [0, 0.1) is 0 Å². The summed E-state index contributed by atoms with van der Waals surface area (Å²) in [6.45, 7) is 0. The summed E-state index contributed by atoms with van der Waals surface area (Å²) in [6.07, 6.45) is 1.75. The third-order valence-corrected chi connectivity index (χ3v) is 4.35. The number of pyridine rings is 1. The van der Waals surface area contributed by atoms with Gasteiger partial charge >= 0.3 is 0 Å². The Bertz CT molecular complexity index is 797. The lowest BCUT2D eigenvalue weighted by Crippen LogP contribution is -1.98. The summed E-state index contributed by atoms with van der Waals surface area (Å²) in [6, 6.07) is 11.7. The molecule has 4 nitrogen and oxygen atoms in total. The zero-order chi connectivity index (χ0) is 15.0. The molecule has 0 radical (unpaired) electrons. The van der Waals surface area contributed by atoms with Gasteiger partial charge in [0, 0.05) is 27.8 Å². The molecule has 0 unspecified atom stereocenters. The van der Waals surface area contributed by atoms with Gasteiger partial charge in [0.2, 0.25) is 0 Å². The summed E-state index contributed by atoms with van der Waals surface area (Å²) in [5.41, 5.74) is 9.64. The number of anilines is 1. The maximum absolute atomic E-state index is 6.19. The van der Waals surface area contributed by atoms with E-state index in [2.05, 4.69) is 41.9 Å². The van der Waals surface area contributed by atoms with E-state index in [1.54, 1.807) is 10.9 Å². The van der Waals surface area contributed by atoms with Gasteiger partial charge in [-0.1, -0.05) is 44.0 Å². The summed E-state index contributed by atoms with van der Waals surface area (Å²) in [4.78, 5) is 4.40. The summed E-state index contributed by atoms with van der Waals surface area (Å²) in [7, 11) is 1.83. The highest BCUT2D eigenvalue weighted by molar-refractivity contribution is 9.11. The van der Waals surface area contributed by atoms with Crippen molar-refractivity contribution >= 4 is 37.7 Å². The van der Waals surface area contributed by atoms with Crippen molar-refractivity contribution in [3.05, 3.63) is 51.5 Å². The Hall–Kier alpha value is -1.66. The van der Waals surface area contributed by atoms with E-state index in [-0.39, 0.29) is 0 Å².